The van der Waals surface area contributed by atoms with E-state index in [1.165, 1.54) is 0 Å². The first-order valence-electron chi connectivity index (χ1n) is 15.2. The third-order valence-corrected chi connectivity index (χ3v) is 9.20. The topological polar surface area (TPSA) is 81.2 Å². The monoisotopic (exact) mass is 657 g/mol. The van der Waals surface area contributed by atoms with Crippen LogP contribution in [0.3, 0.4) is 0 Å². The van der Waals surface area contributed by atoms with E-state index in [4.69, 9.17) is 23.2 Å². The van der Waals surface area contributed by atoms with Crippen LogP contribution in [0.4, 0.5) is 10.5 Å². The molecule has 0 bridgehead atoms. The summed E-state index contributed by atoms with van der Waals surface area (Å²) in [5, 5.41) is 11.1. The highest BCUT2D eigenvalue weighted by Crippen LogP contribution is 2.39. The first kappa shape index (κ1) is 33.0. The van der Waals surface area contributed by atoms with Crippen LogP contribution in [0.2, 0.25) is 10.0 Å². The number of urea groups is 1. The third-order valence-electron chi connectivity index (χ3n) is 8.61. The summed E-state index contributed by atoms with van der Waals surface area (Å²) in [5.41, 5.74) is 3.29. The van der Waals surface area contributed by atoms with Gasteiger partial charge < -0.3 is 14.9 Å². The third kappa shape index (κ3) is 7.90. The summed E-state index contributed by atoms with van der Waals surface area (Å²) in [6.07, 6.45) is 0.213. The molecule has 1 fully saturated rings. The summed E-state index contributed by atoms with van der Waals surface area (Å²) < 4.78 is 0. The minimum Gasteiger partial charge on any atom is -0.481 e. The van der Waals surface area contributed by atoms with Crippen LogP contribution in [-0.4, -0.2) is 53.0 Å². The molecular weight excluding hydrogens is 621 g/mol. The number of likely N-dealkylation sites (N-methyl/N-ethyl adjacent to an activating group) is 1. The maximum absolute atomic E-state index is 14.3. The van der Waals surface area contributed by atoms with Gasteiger partial charge in [-0.1, -0.05) is 108 Å². The number of benzene rings is 4. The van der Waals surface area contributed by atoms with Gasteiger partial charge in [0.25, 0.3) is 0 Å². The smallest absolute Gasteiger partial charge is 0.324 e. The van der Waals surface area contributed by atoms with Crippen LogP contribution in [0.1, 0.15) is 41.1 Å². The molecule has 0 saturated carbocycles. The number of anilines is 1. The molecule has 46 heavy (non-hydrogen) atoms. The second-order valence-electron chi connectivity index (χ2n) is 12.2. The van der Waals surface area contributed by atoms with Crippen molar-refractivity contribution < 1.29 is 19.5 Å². The van der Waals surface area contributed by atoms with E-state index in [0.29, 0.717) is 27.7 Å². The number of aryl methyl sites for hydroxylation is 1. The molecule has 0 aromatic heterocycles. The standard InChI is InChI=1S/C37H37Cl2N3O4/c1-26-13-17-31(18-14-26)42-25-37(22-35(44)45,24-41(36(42)46)23-29-15-16-30(38)20-32(29)39)21-34(43)40(2)33(28-11-7-4-8-12-28)19-27-9-5-3-6-10-27/h3-18,20,33H,19,21-25H2,1-2H3,(H,44,45). The van der Waals surface area contributed by atoms with Gasteiger partial charge in [0, 0.05) is 54.3 Å². The molecule has 2 atom stereocenters. The van der Waals surface area contributed by atoms with Gasteiger partial charge in [0.1, 0.15) is 0 Å². The maximum Gasteiger partial charge on any atom is 0.324 e. The molecule has 1 aliphatic heterocycles. The number of amides is 3. The van der Waals surface area contributed by atoms with Crippen molar-refractivity contribution in [3.8, 4) is 0 Å². The second kappa shape index (κ2) is 14.4. The van der Waals surface area contributed by atoms with Crippen LogP contribution in [0.25, 0.3) is 0 Å². The Morgan fingerprint density at radius 2 is 1.54 bits per heavy atom. The molecule has 1 aliphatic rings. The molecule has 1 saturated heterocycles. The molecule has 0 aliphatic carbocycles. The lowest BCUT2D eigenvalue weighted by Crippen LogP contribution is -2.60. The van der Waals surface area contributed by atoms with Gasteiger partial charge in [-0.2, -0.15) is 0 Å². The Labute approximate surface area is 280 Å². The van der Waals surface area contributed by atoms with Gasteiger partial charge in [-0.3, -0.25) is 14.5 Å². The zero-order chi connectivity index (χ0) is 32.8. The quantitative estimate of drug-likeness (QED) is 0.177. The molecule has 3 amide bonds. The number of carboxylic acids is 1. The molecular formula is C37H37Cl2N3O4. The Bertz CT molecular complexity index is 1680. The number of nitrogens with zero attached hydrogens (tertiary/aromatic N) is 3. The number of hydrogen-bond donors (Lipinski definition) is 1. The molecule has 0 radical (unpaired) electrons. The van der Waals surface area contributed by atoms with Crippen LogP contribution >= 0.6 is 23.2 Å². The minimum atomic E-state index is -1.09. The molecule has 7 nitrogen and oxygen atoms in total. The van der Waals surface area contributed by atoms with Gasteiger partial charge in [0.15, 0.2) is 0 Å². The Kier molecular flexibility index (Phi) is 10.3. The highest BCUT2D eigenvalue weighted by atomic mass is 35.5. The van der Waals surface area contributed by atoms with Crippen LogP contribution < -0.4 is 4.90 Å². The lowest BCUT2D eigenvalue weighted by atomic mass is 9.77. The predicted octanol–water partition coefficient (Wildman–Crippen LogP) is 8.04. The van der Waals surface area contributed by atoms with Gasteiger partial charge in [0.2, 0.25) is 5.91 Å². The molecule has 0 spiro atoms. The van der Waals surface area contributed by atoms with E-state index >= 15 is 0 Å². The average molecular weight is 659 g/mol. The van der Waals surface area contributed by atoms with Gasteiger partial charge in [-0.15, -0.1) is 0 Å². The molecule has 5 rings (SSSR count). The highest BCUT2D eigenvalue weighted by molar-refractivity contribution is 6.35. The molecule has 2 unspecified atom stereocenters. The minimum absolute atomic E-state index is 0.0632. The Hall–Kier alpha value is -4.33. The number of carboxylic acid groups (broad SMARTS) is 1. The van der Waals surface area contributed by atoms with E-state index in [2.05, 4.69) is 0 Å². The van der Waals surface area contributed by atoms with Crippen molar-refractivity contribution in [2.45, 2.75) is 38.8 Å². The largest absolute Gasteiger partial charge is 0.481 e. The van der Waals surface area contributed by atoms with E-state index in [9.17, 15) is 19.5 Å². The molecule has 4 aromatic rings. The molecule has 1 heterocycles. The summed E-state index contributed by atoms with van der Waals surface area (Å²) in [4.78, 5) is 45.7. The van der Waals surface area contributed by atoms with Gasteiger partial charge >= 0.3 is 12.0 Å². The van der Waals surface area contributed by atoms with Crippen molar-refractivity contribution in [3.63, 3.8) is 0 Å². The Morgan fingerprint density at radius 3 is 2.17 bits per heavy atom. The Morgan fingerprint density at radius 1 is 0.891 bits per heavy atom. The number of carbonyl (C=O) groups is 3. The summed E-state index contributed by atoms with van der Waals surface area (Å²) >= 11 is 12.7. The van der Waals surface area contributed by atoms with Crippen LogP contribution in [0.15, 0.2) is 103 Å². The van der Waals surface area contributed by atoms with Crippen LogP contribution in [0.5, 0.6) is 0 Å². The van der Waals surface area contributed by atoms with Crippen molar-refractivity contribution >= 4 is 46.8 Å². The number of carbonyl (C=O) groups excluding carboxylic acids is 2. The van der Waals surface area contributed by atoms with E-state index in [1.54, 1.807) is 39.9 Å². The summed E-state index contributed by atoms with van der Waals surface area (Å²) in [7, 11) is 1.77. The lowest BCUT2D eigenvalue weighted by molar-refractivity contribution is -0.142. The number of halogens is 2. The van der Waals surface area contributed by atoms with Crippen molar-refractivity contribution in [2.75, 3.05) is 25.0 Å². The Balaban J connectivity index is 1.51. The van der Waals surface area contributed by atoms with E-state index in [-0.39, 0.29) is 50.5 Å². The lowest BCUT2D eigenvalue weighted by Gasteiger charge is -2.47. The maximum atomic E-state index is 14.3. The highest BCUT2D eigenvalue weighted by Gasteiger charge is 2.47. The van der Waals surface area contributed by atoms with Crippen molar-refractivity contribution in [1.29, 1.82) is 0 Å². The molecule has 1 N–H and O–H groups in total. The SMILES string of the molecule is Cc1ccc(N2CC(CC(=O)O)(CC(=O)N(C)C(Cc3ccccc3)c3ccccc3)CN(Cc3ccc(Cl)cc3Cl)C2=O)cc1. The van der Waals surface area contributed by atoms with Gasteiger partial charge in [-0.25, -0.2) is 4.79 Å². The van der Waals surface area contributed by atoms with Crippen LogP contribution in [-0.2, 0) is 22.6 Å². The predicted molar refractivity (Wildman–Crippen MR) is 182 cm³/mol. The van der Waals surface area contributed by atoms with Gasteiger partial charge in [0.05, 0.1) is 12.5 Å². The summed E-state index contributed by atoms with van der Waals surface area (Å²) in [5.74, 6) is -1.24. The molecule has 238 valence electrons. The van der Waals surface area contributed by atoms with Crippen LogP contribution in [0, 0.1) is 12.3 Å². The molecule has 4 aromatic carbocycles. The van der Waals surface area contributed by atoms with Gasteiger partial charge in [-0.05, 0) is 54.3 Å². The van der Waals surface area contributed by atoms with Crippen molar-refractivity contribution in [1.82, 2.24) is 9.80 Å². The fourth-order valence-corrected chi connectivity index (χ4v) is 6.69. The zero-order valence-corrected chi connectivity index (χ0v) is 27.4. The van der Waals surface area contributed by atoms with Crippen molar-refractivity contribution in [3.05, 3.63) is 135 Å². The fraction of sp³-hybridized carbons (Fsp3) is 0.270. The fourth-order valence-electron chi connectivity index (χ4n) is 6.22. The first-order valence-corrected chi connectivity index (χ1v) is 15.9. The van der Waals surface area contributed by atoms with Crippen molar-refractivity contribution in [2.24, 2.45) is 5.41 Å². The summed E-state index contributed by atoms with van der Waals surface area (Å²) in [6, 6.07) is 31.8. The molecule has 9 heteroatoms. The number of hydrogen-bond acceptors (Lipinski definition) is 3. The number of rotatable bonds is 11. The average Bonchev–Trinajstić information content (AvgIpc) is 3.03. The normalized spacial score (nSPS) is 17.1. The number of aliphatic carboxylic acids is 1. The van der Waals surface area contributed by atoms with E-state index in [1.807, 2.05) is 91.9 Å². The second-order valence-corrected chi connectivity index (χ2v) is 13.0. The van der Waals surface area contributed by atoms with E-state index in [0.717, 1.165) is 16.7 Å². The first-order chi connectivity index (χ1) is 22.0. The summed E-state index contributed by atoms with van der Waals surface area (Å²) in [6.45, 7) is 2.22. The van der Waals surface area contributed by atoms with E-state index < -0.39 is 11.4 Å². The zero-order valence-electron chi connectivity index (χ0n) is 25.9.